The van der Waals surface area contributed by atoms with Crippen molar-refractivity contribution in [1.29, 1.82) is 0 Å². The molecular formula is C14H13N3O4. The van der Waals surface area contributed by atoms with Crippen LogP contribution in [0.1, 0.15) is 11.3 Å². The number of aromatic nitrogens is 1. The van der Waals surface area contributed by atoms with E-state index in [-0.39, 0.29) is 12.5 Å². The Kier molecular flexibility index (Phi) is 3.31. The van der Waals surface area contributed by atoms with Crippen molar-refractivity contribution in [2.45, 2.75) is 13.5 Å². The zero-order valence-electron chi connectivity index (χ0n) is 11.3. The Bertz CT molecular complexity index is 685. The zero-order chi connectivity index (χ0) is 14.8. The second-order valence-corrected chi connectivity index (χ2v) is 4.64. The number of nitrogens with one attached hydrogen (secondary N) is 1. The number of rotatable bonds is 4. The maximum absolute atomic E-state index is 11.1. The molecule has 0 radical (unpaired) electrons. The summed E-state index contributed by atoms with van der Waals surface area (Å²) in [5.41, 5.74) is 2.21. The summed E-state index contributed by atoms with van der Waals surface area (Å²) in [7, 11) is 0. The highest BCUT2D eigenvalue weighted by molar-refractivity contribution is 5.69. The van der Waals surface area contributed by atoms with Crippen molar-refractivity contribution in [3.05, 3.63) is 51.8 Å². The molecule has 1 aromatic heterocycles. The molecule has 0 saturated heterocycles. The van der Waals surface area contributed by atoms with E-state index in [0.29, 0.717) is 23.7 Å². The van der Waals surface area contributed by atoms with Crippen LogP contribution in [0.25, 0.3) is 0 Å². The van der Waals surface area contributed by atoms with Crippen LogP contribution >= 0.6 is 0 Å². The van der Waals surface area contributed by atoms with Crippen molar-refractivity contribution >= 4 is 11.4 Å². The predicted octanol–water partition coefficient (Wildman–Crippen LogP) is 2.64. The second-order valence-electron chi connectivity index (χ2n) is 4.64. The third-order valence-corrected chi connectivity index (χ3v) is 3.14. The van der Waals surface area contributed by atoms with Crippen molar-refractivity contribution in [1.82, 2.24) is 4.98 Å². The number of nitro benzene ring substituents is 1. The van der Waals surface area contributed by atoms with Gasteiger partial charge in [0.15, 0.2) is 11.5 Å². The Morgan fingerprint density at radius 2 is 2.10 bits per heavy atom. The largest absolute Gasteiger partial charge is 0.454 e. The first kappa shape index (κ1) is 13.2. The molecule has 21 heavy (non-hydrogen) atoms. The molecule has 7 nitrogen and oxygen atoms in total. The fraction of sp³-hybridized carbons (Fsp3) is 0.214. The lowest BCUT2D eigenvalue weighted by atomic mass is 10.2. The summed E-state index contributed by atoms with van der Waals surface area (Å²) in [5, 5.41) is 14.2. The number of benzene rings is 1. The van der Waals surface area contributed by atoms with Crippen molar-refractivity contribution in [3.8, 4) is 11.5 Å². The minimum atomic E-state index is -0.447. The molecule has 0 unspecified atom stereocenters. The number of anilines is 1. The van der Waals surface area contributed by atoms with Crippen LogP contribution in [0, 0.1) is 17.0 Å². The number of nitro groups is 1. The SMILES string of the molecule is Cc1ccc(CNc2cc3c(cc2[N+](=O)[O-])OCO3)cn1. The van der Waals surface area contributed by atoms with Gasteiger partial charge in [0, 0.05) is 24.5 Å². The average molecular weight is 287 g/mol. The molecule has 0 bridgehead atoms. The molecule has 1 aliphatic heterocycles. The van der Waals surface area contributed by atoms with Crippen molar-refractivity contribution in [2.24, 2.45) is 0 Å². The fourth-order valence-corrected chi connectivity index (χ4v) is 2.02. The van der Waals surface area contributed by atoms with Gasteiger partial charge >= 0.3 is 0 Å². The molecule has 0 fully saturated rings. The van der Waals surface area contributed by atoms with Gasteiger partial charge in [0.25, 0.3) is 5.69 Å². The maximum Gasteiger partial charge on any atom is 0.296 e. The number of hydrogen-bond donors (Lipinski definition) is 1. The Hall–Kier alpha value is -2.83. The van der Waals surface area contributed by atoms with Gasteiger partial charge in [-0.2, -0.15) is 0 Å². The summed E-state index contributed by atoms with van der Waals surface area (Å²) in [4.78, 5) is 14.9. The smallest absolute Gasteiger partial charge is 0.296 e. The van der Waals surface area contributed by atoms with E-state index in [1.807, 2.05) is 19.1 Å². The minimum Gasteiger partial charge on any atom is -0.454 e. The van der Waals surface area contributed by atoms with Crippen LogP contribution in [0.5, 0.6) is 11.5 Å². The molecule has 108 valence electrons. The van der Waals surface area contributed by atoms with Crippen molar-refractivity contribution in [2.75, 3.05) is 12.1 Å². The number of hydrogen-bond acceptors (Lipinski definition) is 6. The lowest BCUT2D eigenvalue weighted by Crippen LogP contribution is -2.03. The number of aryl methyl sites for hydroxylation is 1. The molecule has 1 aliphatic rings. The lowest BCUT2D eigenvalue weighted by molar-refractivity contribution is -0.384. The van der Waals surface area contributed by atoms with Crippen molar-refractivity contribution in [3.63, 3.8) is 0 Å². The highest BCUT2D eigenvalue weighted by Crippen LogP contribution is 2.40. The molecular weight excluding hydrogens is 274 g/mol. The highest BCUT2D eigenvalue weighted by atomic mass is 16.7. The van der Waals surface area contributed by atoms with Crippen LogP contribution in [-0.2, 0) is 6.54 Å². The third kappa shape index (κ3) is 2.71. The Morgan fingerprint density at radius 1 is 1.33 bits per heavy atom. The maximum atomic E-state index is 11.1. The first-order valence-corrected chi connectivity index (χ1v) is 6.37. The number of ether oxygens (including phenoxy) is 2. The van der Waals surface area contributed by atoms with Crippen LogP contribution in [-0.4, -0.2) is 16.7 Å². The lowest BCUT2D eigenvalue weighted by Gasteiger charge is -2.08. The molecule has 0 aliphatic carbocycles. The predicted molar refractivity (Wildman–Crippen MR) is 75.5 cm³/mol. The Labute approximate surface area is 120 Å². The van der Waals surface area contributed by atoms with Crippen molar-refractivity contribution < 1.29 is 14.4 Å². The Balaban J connectivity index is 1.84. The van der Waals surface area contributed by atoms with Crippen LogP contribution in [0.3, 0.4) is 0 Å². The normalized spacial score (nSPS) is 12.2. The van der Waals surface area contributed by atoms with Gasteiger partial charge in [0.05, 0.1) is 11.0 Å². The van der Waals surface area contributed by atoms with E-state index in [1.165, 1.54) is 6.07 Å². The summed E-state index contributed by atoms with van der Waals surface area (Å²) in [6.07, 6.45) is 1.74. The van der Waals surface area contributed by atoms with E-state index in [1.54, 1.807) is 12.3 Å². The molecule has 0 atom stereocenters. The molecule has 2 aromatic rings. The molecule has 2 heterocycles. The first-order chi connectivity index (χ1) is 10.1. The van der Waals surface area contributed by atoms with Crippen LogP contribution < -0.4 is 14.8 Å². The van der Waals surface area contributed by atoms with E-state index in [0.717, 1.165) is 11.3 Å². The third-order valence-electron chi connectivity index (χ3n) is 3.14. The van der Waals surface area contributed by atoms with Gasteiger partial charge in [-0.1, -0.05) is 6.07 Å². The second kappa shape index (κ2) is 5.28. The van der Waals surface area contributed by atoms with E-state index in [9.17, 15) is 10.1 Å². The number of pyridine rings is 1. The van der Waals surface area contributed by atoms with E-state index in [4.69, 9.17) is 9.47 Å². The number of fused-ring (bicyclic) bond motifs is 1. The highest BCUT2D eigenvalue weighted by Gasteiger charge is 2.23. The topological polar surface area (TPSA) is 86.5 Å². The van der Waals surface area contributed by atoms with E-state index >= 15 is 0 Å². The minimum absolute atomic E-state index is 0.0423. The van der Waals surface area contributed by atoms with Gasteiger partial charge in [-0.3, -0.25) is 15.1 Å². The summed E-state index contributed by atoms with van der Waals surface area (Å²) < 4.78 is 10.4. The van der Waals surface area contributed by atoms with Crippen LogP contribution in [0.4, 0.5) is 11.4 Å². The van der Waals surface area contributed by atoms with E-state index < -0.39 is 4.92 Å². The summed E-state index contributed by atoms with van der Waals surface area (Å²) in [5.74, 6) is 0.898. The van der Waals surface area contributed by atoms with Gasteiger partial charge in [-0.25, -0.2) is 0 Å². The van der Waals surface area contributed by atoms with Gasteiger partial charge in [0.1, 0.15) is 5.69 Å². The quantitative estimate of drug-likeness (QED) is 0.687. The zero-order valence-corrected chi connectivity index (χ0v) is 11.3. The summed E-state index contributed by atoms with van der Waals surface area (Å²) in [6, 6.07) is 6.78. The van der Waals surface area contributed by atoms with Gasteiger partial charge in [0.2, 0.25) is 6.79 Å². The fourth-order valence-electron chi connectivity index (χ4n) is 2.02. The Morgan fingerprint density at radius 3 is 2.76 bits per heavy atom. The molecule has 7 heteroatoms. The summed E-state index contributed by atoms with van der Waals surface area (Å²) >= 11 is 0. The van der Waals surface area contributed by atoms with Crippen LogP contribution in [0.15, 0.2) is 30.5 Å². The monoisotopic (exact) mass is 287 g/mol. The molecule has 0 amide bonds. The molecule has 0 spiro atoms. The molecule has 0 saturated carbocycles. The van der Waals surface area contributed by atoms with Crippen LogP contribution in [0.2, 0.25) is 0 Å². The van der Waals surface area contributed by atoms with Gasteiger partial charge < -0.3 is 14.8 Å². The number of nitrogens with zero attached hydrogens (tertiary/aromatic N) is 2. The molecule has 3 rings (SSSR count). The van der Waals surface area contributed by atoms with E-state index in [2.05, 4.69) is 10.3 Å². The average Bonchev–Trinajstić information content (AvgIpc) is 2.92. The standard InChI is InChI=1S/C14H13N3O4/c1-9-2-3-10(6-15-9)7-16-11-4-13-14(21-8-20-13)5-12(11)17(18)19/h2-6,16H,7-8H2,1H3. The molecule has 1 aromatic carbocycles. The van der Waals surface area contributed by atoms with Gasteiger partial charge in [-0.15, -0.1) is 0 Å². The summed E-state index contributed by atoms with van der Waals surface area (Å²) in [6.45, 7) is 2.42. The van der Waals surface area contributed by atoms with Gasteiger partial charge in [-0.05, 0) is 18.6 Å². The first-order valence-electron chi connectivity index (χ1n) is 6.37. The molecule has 1 N–H and O–H groups in total.